The smallest absolute Gasteiger partial charge is 0.323 e. The Morgan fingerprint density at radius 3 is 2.33 bits per heavy atom. The zero-order chi connectivity index (χ0) is 14.0. The molecule has 102 valence electrons. The normalized spacial score (nSPS) is 14.6. The minimum absolute atomic E-state index is 0.0548. The van der Waals surface area contributed by atoms with E-state index in [-0.39, 0.29) is 10.8 Å². The van der Waals surface area contributed by atoms with Gasteiger partial charge in [0.25, 0.3) is 0 Å². The van der Waals surface area contributed by atoms with Crippen molar-refractivity contribution >= 4 is 11.8 Å². The zero-order valence-electron chi connectivity index (χ0n) is 10.7. The van der Waals surface area contributed by atoms with E-state index in [9.17, 15) is 13.2 Å². The van der Waals surface area contributed by atoms with E-state index < -0.39 is 11.7 Å². The summed E-state index contributed by atoms with van der Waals surface area (Å²) in [6.45, 7) is 6.16. The highest BCUT2D eigenvalue weighted by Crippen LogP contribution is 2.32. The van der Waals surface area contributed by atoms with Crippen LogP contribution in [-0.4, -0.2) is 10.5 Å². The molecule has 1 aromatic carbocycles. The van der Waals surface area contributed by atoms with Crippen LogP contribution in [-0.2, 0) is 6.18 Å². The summed E-state index contributed by atoms with van der Waals surface area (Å²) in [5.41, 5.74) is 5.81. The summed E-state index contributed by atoms with van der Waals surface area (Å²) in [5.74, 6) is 0.602. The van der Waals surface area contributed by atoms with Crippen molar-refractivity contribution in [2.24, 2.45) is 5.73 Å². The summed E-state index contributed by atoms with van der Waals surface area (Å²) >= 11 is 1.64. The Morgan fingerprint density at radius 1 is 1.22 bits per heavy atom. The van der Waals surface area contributed by atoms with Gasteiger partial charge in [-0.25, -0.2) is 0 Å². The number of thioether (sulfide) groups is 1. The molecule has 18 heavy (non-hydrogen) atoms. The molecular formula is C13H18F3NS. The molecule has 5 heteroatoms. The lowest BCUT2D eigenvalue weighted by atomic mass is 10.1. The third kappa shape index (κ3) is 4.90. The third-order valence-corrected chi connectivity index (χ3v) is 3.73. The maximum atomic E-state index is 12.6. The monoisotopic (exact) mass is 277 g/mol. The molecule has 0 fully saturated rings. The third-order valence-electron chi connectivity index (χ3n) is 2.34. The van der Waals surface area contributed by atoms with E-state index in [1.807, 2.05) is 0 Å². The summed E-state index contributed by atoms with van der Waals surface area (Å²) in [6, 6.07) is 4.86. The molecule has 0 saturated heterocycles. The average molecular weight is 277 g/mol. The Kier molecular flexibility index (Phi) is 4.72. The van der Waals surface area contributed by atoms with E-state index in [4.69, 9.17) is 5.73 Å². The molecule has 0 saturated carbocycles. The SMILES string of the molecule is CC(C)(C)SCC(N)c1cccc(C(F)(F)F)c1. The molecule has 0 aliphatic heterocycles. The van der Waals surface area contributed by atoms with Gasteiger partial charge in [-0.1, -0.05) is 32.9 Å². The van der Waals surface area contributed by atoms with Crippen molar-refractivity contribution in [3.8, 4) is 0 Å². The predicted molar refractivity (Wildman–Crippen MR) is 70.6 cm³/mol. The van der Waals surface area contributed by atoms with Crippen molar-refractivity contribution < 1.29 is 13.2 Å². The van der Waals surface area contributed by atoms with Crippen molar-refractivity contribution in [2.75, 3.05) is 5.75 Å². The van der Waals surface area contributed by atoms with Crippen LogP contribution in [0.15, 0.2) is 24.3 Å². The highest BCUT2D eigenvalue weighted by molar-refractivity contribution is 8.00. The largest absolute Gasteiger partial charge is 0.416 e. The number of nitrogens with two attached hydrogens (primary N) is 1. The minimum atomic E-state index is -4.31. The van der Waals surface area contributed by atoms with Crippen LogP contribution in [0.25, 0.3) is 0 Å². The van der Waals surface area contributed by atoms with Gasteiger partial charge in [-0.15, -0.1) is 0 Å². The topological polar surface area (TPSA) is 26.0 Å². The van der Waals surface area contributed by atoms with Crippen LogP contribution in [0.2, 0.25) is 0 Å². The first-order valence-corrected chi connectivity index (χ1v) is 6.65. The number of benzene rings is 1. The van der Waals surface area contributed by atoms with Crippen molar-refractivity contribution in [3.05, 3.63) is 35.4 Å². The van der Waals surface area contributed by atoms with Gasteiger partial charge >= 0.3 is 6.18 Å². The highest BCUT2D eigenvalue weighted by Gasteiger charge is 2.30. The Morgan fingerprint density at radius 2 is 1.83 bits per heavy atom. The second kappa shape index (κ2) is 5.53. The van der Waals surface area contributed by atoms with Gasteiger partial charge in [0.2, 0.25) is 0 Å². The second-order valence-electron chi connectivity index (χ2n) is 5.15. The van der Waals surface area contributed by atoms with Gasteiger partial charge in [-0.3, -0.25) is 0 Å². The second-order valence-corrected chi connectivity index (χ2v) is 7.00. The van der Waals surface area contributed by atoms with Gasteiger partial charge in [0.15, 0.2) is 0 Å². The number of hydrogen-bond acceptors (Lipinski definition) is 2. The fraction of sp³-hybridized carbons (Fsp3) is 0.538. The van der Waals surface area contributed by atoms with E-state index in [0.29, 0.717) is 11.3 Å². The van der Waals surface area contributed by atoms with E-state index in [1.54, 1.807) is 17.8 Å². The van der Waals surface area contributed by atoms with Gasteiger partial charge < -0.3 is 5.73 Å². The number of alkyl halides is 3. The van der Waals surface area contributed by atoms with Crippen LogP contribution < -0.4 is 5.73 Å². The molecule has 0 aliphatic carbocycles. The first-order valence-electron chi connectivity index (χ1n) is 5.66. The average Bonchev–Trinajstić information content (AvgIpc) is 2.24. The van der Waals surface area contributed by atoms with E-state index in [1.165, 1.54) is 6.07 Å². The summed E-state index contributed by atoms with van der Waals surface area (Å²) in [5, 5.41) is 0. The summed E-state index contributed by atoms with van der Waals surface area (Å²) < 4.78 is 37.7. The molecule has 1 nitrogen and oxygen atoms in total. The molecule has 1 atom stereocenters. The summed E-state index contributed by atoms with van der Waals surface area (Å²) in [6.07, 6.45) is -4.31. The Bertz CT molecular complexity index is 396. The van der Waals surface area contributed by atoms with Crippen molar-refractivity contribution in [2.45, 2.75) is 37.7 Å². The molecule has 0 aliphatic rings. The molecule has 1 aromatic rings. The van der Waals surface area contributed by atoms with Crippen molar-refractivity contribution in [3.63, 3.8) is 0 Å². The van der Waals surface area contributed by atoms with Gasteiger partial charge in [0, 0.05) is 16.5 Å². The lowest BCUT2D eigenvalue weighted by molar-refractivity contribution is -0.137. The first-order chi connectivity index (χ1) is 8.09. The van der Waals surface area contributed by atoms with E-state index in [0.717, 1.165) is 12.1 Å². The molecule has 1 rings (SSSR count). The first kappa shape index (κ1) is 15.4. The van der Waals surface area contributed by atoms with Crippen LogP contribution in [0, 0.1) is 0 Å². The predicted octanol–water partition coefficient (Wildman–Crippen LogP) is 4.24. The molecule has 0 heterocycles. The zero-order valence-corrected chi connectivity index (χ0v) is 11.5. The van der Waals surface area contributed by atoms with Crippen LogP contribution in [0.1, 0.15) is 37.9 Å². The van der Waals surface area contributed by atoms with Crippen LogP contribution in [0.3, 0.4) is 0 Å². The molecule has 2 N–H and O–H groups in total. The number of hydrogen-bond donors (Lipinski definition) is 1. The number of rotatable bonds is 3. The highest BCUT2D eigenvalue weighted by atomic mass is 32.2. The standard InChI is InChI=1S/C13H18F3NS/c1-12(2,3)18-8-11(17)9-5-4-6-10(7-9)13(14,15)16/h4-7,11H,8,17H2,1-3H3. The molecular weight excluding hydrogens is 259 g/mol. The van der Waals surface area contributed by atoms with Crippen LogP contribution >= 0.6 is 11.8 Å². The Hall–Kier alpha value is -0.680. The Labute approximate surface area is 110 Å². The van der Waals surface area contributed by atoms with Gasteiger partial charge in [-0.2, -0.15) is 24.9 Å². The Balaban J connectivity index is 2.78. The van der Waals surface area contributed by atoms with E-state index >= 15 is 0 Å². The fourth-order valence-electron chi connectivity index (χ4n) is 1.38. The molecule has 0 radical (unpaired) electrons. The quantitative estimate of drug-likeness (QED) is 0.894. The molecule has 0 spiro atoms. The van der Waals surface area contributed by atoms with Crippen LogP contribution in [0.5, 0.6) is 0 Å². The van der Waals surface area contributed by atoms with Crippen molar-refractivity contribution in [1.82, 2.24) is 0 Å². The number of halogens is 3. The fourth-order valence-corrected chi connectivity index (χ4v) is 2.25. The summed E-state index contributed by atoms with van der Waals surface area (Å²) in [7, 11) is 0. The molecule has 0 aromatic heterocycles. The maximum absolute atomic E-state index is 12.6. The maximum Gasteiger partial charge on any atom is 0.416 e. The molecule has 1 unspecified atom stereocenters. The van der Waals surface area contributed by atoms with Gasteiger partial charge in [0.05, 0.1) is 5.56 Å². The summed E-state index contributed by atoms with van der Waals surface area (Å²) in [4.78, 5) is 0. The molecule has 0 amide bonds. The lowest BCUT2D eigenvalue weighted by Gasteiger charge is -2.21. The van der Waals surface area contributed by atoms with Gasteiger partial charge in [0.1, 0.15) is 0 Å². The lowest BCUT2D eigenvalue weighted by Crippen LogP contribution is -2.18. The van der Waals surface area contributed by atoms with Crippen LogP contribution in [0.4, 0.5) is 13.2 Å². The minimum Gasteiger partial charge on any atom is -0.323 e. The van der Waals surface area contributed by atoms with Gasteiger partial charge in [-0.05, 0) is 17.7 Å². The van der Waals surface area contributed by atoms with E-state index in [2.05, 4.69) is 20.8 Å². The van der Waals surface area contributed by atoms with Crippen molar-refractivity contribution in [1.29, 1.82) is 0 Å². The molecule has 0 bridgehead atoms.